The molecular weight excluding hydrogens is 380 g/mol. The van der Waals surface area contributed by atoms with Gasteiger partial charge in [-0.05, 0) is 25.1 Å². The van der Waals surface area contributed by atoms with Crippen molar-refractivity contribution in [3.8, 4) is 5.69 Å². The van der Waals surface area contributed by atoms with Gasteiger partial charge in [-0.15, -0.1) is 16.4 Å². The monoisotopic (exact) mass is 394 g/mol. The highest BCUT2D eigenvalue weighted by atomic mass is 32.1. The van der Waals surface area contributed by atoms with Crippen molar-refractivity contribution in [2.24, 2.45) is 0 Å². The van der Waals surface area contributed by atoms with Crippen molar-refractivity contribution in [2.75, 3.05) is 0 Å². The number of nitro groups is 1. The Kier molecular flexibility index (Phi) is 4.53. The van der Waals surface area contributed by atoms with E-state index in [4.69, 9.17) is 0 Å². The maximum absolute atomic E-state index is 12.5. The van der Waals surface area contributed by atoms with E-state index in [1.807, 2.05) is 24.3 Å². The van der Waals surface area contributed by atoms with Crippen molar-refractivity contribution in [3.63, 3.8) is 0 Å². The summed E-state index contributed by atoms with van der Waals surface area (Å²) in [7, 11) is 0. The van der Waals surface area contributed by atoms with E-state index in [2.05, 4.69) is 20.6 Å². The van der Waals surface area contributed by atoms with Gasteiger partial charge >= 0.3 is 0 Å². The lowest BCUT2D eigenvalue weighted by molar-refractivity contribution is -0.384. The summed E-state index contributed by atoms with van der Waals surface area (Å²) < 4.78 is 2.46. The summed E-state index contributed by atoms with van der Waals surface area (Å²) >= 11 is 1.51. The first-order valence-corrected chi connectivity index (χ1v) is 9.14. The Bertz CT molecular complexity index is 1170. The van der Waals surface area contributed by atoms with Gasteiger partial charge < -0.3 is 5.32 Å². The second-order valence-corrected chi connectivity index (χ2v) is 7.09. The SMILES string of the molecule is Cc1c(C(=O)NCc2nc3ccccc3s2)nnn1-c1cccc([N+](=O)[O-])c1. The number of carbonyl (C=O) groups excluding carboxylic acids is 1. The summed E-state index contributed by atoms with van der Waals surface area (Å²) in [5, 5.41) is 22.4. The molecule has 0 spiro atoms. The van der Waals surface area contributed by atoms with Crippen LogP contribution < -0.4 is 5.32 Å². The third-order valence-corrected chi connectivity index (χ3v) is 5.17. The summed E-state index contributed by atoms with van der Waals surface area (Å²) in [6, 6.07) is 13.8. The average molecular weight is 394 g/mol. The van der Waals surface area contributed by atoms with Gasteiger partial charge in [-0.3, -0.25) is 14.9 Å². The number of amides is 1. The van der Waals surface area contributed by atoms with Gasteiger partial charge in [0, 0.05) is 12.1 Å². The number of nitrogens with one attached hydrogen (secondary N) is 1. The number of hydrogen-bond acceptors (Lipinski definition) is 7. The lowest BCUT2D eigenvalue weighted by Crippen LogP contribution is -2.24. The maximum atomic E-state index is 12.5. The number of hydrogen-bond donors (Lipinski definition) is 1. The molecule has 0 aliphatic heterocycles. The molecule has 4 rings (SSSR count). The molecule has 0 aliphatic carbocycles. The molecule has 0 fully saturated rings. The molecule has 1 amide bonds. The van der Waals surface area contributed by atoms with Crippen molar-refractivity contribution in [3.05, 3.63) is 75.0 Å². The van der Waals surface area contributed by atoms with Gasteiger partial charge in [0.1, 0.15) is 5.01 Å². The molecule has 0 saturated carbocycles. The standard InChI is InChI=1S/C18H14N6O3S/c1-11-17(21-22-23(11)12-5-4-6-13(9-12)24(26)27)18(25)19-10-16-20-14-7-2-3-8-15(14)28-16/h2-9H,10H2,1H3,(H,19,25). The van der Waals surface area contributed by atoms with E-state index in [0.29, 0.717) is 11.4 Å². The summed E-state index contributed by atoms with van der Waals surface area (Å²) in [6.45, 7) is 1.97. The number of non-ortho nitro benzene ring substituents is 1. The van der Waals surface area contributed by atoms with E-state index in [1.165, 1.54) is 28.2 Å². The number of rotatable bonds is 5. The number of nitro benzene ring substituents is 1. The number of aromatic nitrogens is 4. The first kappa shape index (κ1) is 17.7. The number of carbonyl (C=O) groups is 1. The van der Waals surface area contributed by atoms with Crippen LogP contribution in [0.3, 0.4) is 0 Å². The molecule has 1 N–H and O–H groups in total. The Balaban J connectivity index is 1.52. The molecule has 0 radical (unpaired) electrons. The van der Waals surface area contributed by atoms with Gasteiger partial charge in [-0.25, -0.2) is 9.67 Å². The minimum absolute atomic E-state index is 0.0609. The van der Waals surface area contributed by atoms with E-state index >= 15 is 0 Å². The highest BCUT2D eigenvalue weighted by Crippen LogP contribution is 2.22. The fourth-order valence-electron chi connectivity index (χ4n) is 2.76. The zero-order chi connectivity index (χ0) is 19.7. The average Bonchev–Trinajstić information content (AvgIpc) is 3.29. The van der Waals surface area contributed by atoms with Gasteiger partial charge in [0.05, 0.1) is 33.1 Å². The van der Waals surface area contributed by atoms with Crippen molar-refractivity contribution < 1.29 is 9.72 Å². The molecule has 9 nitrogen and oxygen atoms in total. The smallest absolute Gasteiger partial charge is 0.274 e. The topological polar surface area (TPSA) is 116 Å². The molecule has 0 unspecified atom stereocenters. The minimum Gasteiger partial charge on any atom is -0.344 e. The number of nitrogens with zero attached hydrogens (tertiary/aromatic N) is 5. The molecule has 0 bridgehead atoms. The Labute approximate surface area is 162 Å². The molecule has 0 saturated heterocycles. The predicted octanol–water partition coefficient (Wildman–Crippen LogP) is 3.02. The van der Waals surface area contributed by atoms with Crippen LogP contribution in [0, 0.1) is 17.0 Å². The second-order valence-electron chi connectivity index (χ2n) is 5.97. The number of thiazole rings is 1. The predicted molar refractivity (Wildman–Crippen MR) is 104 cm³/mol. The fourth-order valence-corrected chi connectivity index (χ4v) is 3.66. The zero-order valence-electron chi connectivity index (χ0n) is 14.7. The van der Waals surface area contributed by atoms with Crippen LogP contribution in [0.4, 0.5) is 5.69 Å². The Morgan fingerprint density at radius 1 is 1.25 bits per heavy atom. The van der Waals surface area contributed by atoms with E-state index in [9.17, 15) is 14.9 Å². The van der Waals surface area contributed by atoms with E-state index < -0.39 is 4.92 Å². The van der Waals surface area contributed by atoms with Crippen molar-refractivity contribution >= 4 is 33.1 Å². The van der Waals surface area contributed by atoms with Crippen molar-refractivity contribution in [2.45, 2.75) is 13.5 Å². The summed E-state index contributed by atoms with van der Waals surface area (Å²) in [5.41, 5.74) is 1.94. The van der Waals surface area contributed by atoms with Crippen LogP contribution in [-0.4, -0.2) is 30.8 Å². The maximum Gasteiger partial charge on any atom is 0.274 e. The molecule has 4 aromatic rings. The van der Waals surface area contributed by atoms with E-state index in [-0.39, 0.29) is 23.8 Å². The van der Waals surface area contributed by atoms with Crippen LogP contribution in [0.1, 0.15) is 21.2 Å². The van der Waals surface area contributed by atoms with Crippen LogP contribution in [0.5, 0.6) is 0 Å². The third-order valence-electron chi connectivity index (χ3n) is 4.13. The van der Waals surface area contributed by atoms with Crippen LogP contribution in [-0.2, 0) is 6.54 Å². The second kappa shape index (κ2) is 7.16. The first-order valence-electron chi connectivity index (χ1n) is 8.32. The van der Waals surface area contributed by atoms with Crippen LogP contribution in [0.15, 0.2) is 48.5 Å². The molecule has 140 valence electrons. The first-order chi connectivity index (χ1) is 13.5. The molecule has 2 aromatic carbocycles. The van der Waals surface area contributed by atoms with Crippen molar-refractivity contribution in [1.82, 2.24) is 25.3 Å². The molecule has 0 aliphatic rings. The largest absolute Gasteiger partial charge is 0.344 e. The van der Waals surface area contributed by atoms with Gasteiger partial charge in [-0.1, -0.05) is 23.4 Å². The molecule has 0 atom stereocenters. The molecule has 2 heterocycles. The Hall–Kier alpha value is -3.66. The zero-order valence-corrected chi connectivity index (χ0v) is 15.5. The summed E-state index contributed by atoms with van der Waals surface area (Å²) in [5.74, 6) is -0.381. The Morgan fingerprint density at radius 3 is 2.86 bits per heavy atom. The van der Waals surface area contributed by atoms with Crippen LogP contribution in [0.25, 0.3) is 15.9 Å². The van der Waals surface area contributed by atoms with Crippen molar-refractivity contribution in [1.29, 1.82) is 0 Å². The van der Waals surface area contributed by atoms with Gasteiger partial charge in [0.2, 0.25) is 0 Å². The van der Waals surface area contributed by atoms with Crippen LogP contribution in [0.2, 0.25) is 0 Å². The highest BCUT2D eigenvalue weighted by molar-refractivity contribution is 7.18. The van der Waals surface area contributed by atoms with Gasteiger partial charge in [0.25, 0.3) is 11.6 Å². The highest BCUT2D eigenvalue weighted by Gasteiger charge is 2.18. The fraction of sp³-hybridized carbons (Fsp3) is 0.111. The van der Waals surface area contributed by atoms with Gasteiger partial charge in [-0.2, -0.15) is 0 Å². The van der Waals surface area contributed by atoms with Crippen LogP contribution >= 0.6 is 11.3 Å². The number of benzene rings is 2. The molecular formula is C18H14N6O3S. The number of para-hydroxylation sites is 1. The third kappa shape index (κ3) is 3.32. The molecule has 28 heavy (non-hydrogen) atoms. The Morgan fingerprint density at radius 2 is 2.07 bits per heavy atom. The lowest BCUT2D eigenvalue weighted by atomic mass is 10.2. The molecule has 10 heteroatoms. The summed E-state index contributed by atoms with van der Waals surface area (Å²) in [6.07, 6.45) is 0. The number of fused-ring (bicyclic) bond motifs is 1. The lowest BCUT2D eigenvalue weighted by Gasteiger charge is -2.04. The summed E-state index contributed by atoms with van der Waals surface area (Å²) in [4.78, 5) is 27.5. The normalized spacial score (nSPS) is 10.9. The minimum atomic E-state index is -0.485. The van der Waals surface area contributed by atoms with E-state index in [1.54, 1.807) is 19.1 Å². The van der Waals surface area contributed by atoms with E-state index in [0.717, 1.165) is 15.2 Å². The molecule has 2 aromatic heterocycles. The quantitative estimate of drug-likeness (QED) is 0.411. The van der Waals surface area contributed by atoms with Gasteiger partial charge in [0.15, 0.2) is 5.69 Å².